The molecular weight excluding hydrogens is 264 g/mol. The van der Waals surface area contributed by atoms with Gasteiger partial charge in [-0.15, -0.1) is 0 Å². The summed E-state index contributed by atoms with van der Waals surface area (Å²) in [5.74, 6) is 1.81. The Labute approximate surface area is 129 Å². The summed E-state index contributed by atoms with van der Waals surface area (Å²) in [5.41, 5.74) is 0.0353. The quantitative estimate of drug-likeness (QED) is 0.699. The molecule has 1 aliphatic carbocycles. The zero-order valence-corrected chi connectivity index (χ0v) is 14.4. The van der Waals surface area contributed by atoms with Gasteiger partial charge >= 0.3 is 0 Å². The molecule has 0 bridgehead atoms. The molecule has 3 rings (SSSR count). The Balaban J connectivity index is 1.74. The lowest BCUT2D eigenvalue weighted by Crippen LogP contribution is -2.52. The molecule has 2 heterocycles. The summed E-state index contributed by atoms with van der Waals surface area (Å²) in [6.07, 6.45) is 6.73. The fourth-order valence-electron chi connectivity index (χ4n) is 4.73. The summed E-state index contributed by atoms with van der Waals surface area (Å²) in [6.45, 7) is 10.1. The van der Waals surface area contributed by atoms with Crippen molar-refractivity contribution >= 4 is 0 Å². The van der Waals surface area contributed by atoms with Gasteiger partial charge in [0.05, 0.1) is 24.4 Å². The topological polar surface area (TPSA) is 34.3 Å². The maximum Gasteiger partial charge on any atom is 0.100 e. The molecule has 1 spiro atoms. The smallest absolute Gasteiger partial charge is 0.100 e. The highest BCUT2D eigenvalue weighted by molar-refractivity contribution is 5.19. The molecule has 1 unspecified atom stereocenters. The van der Waals surface area contributed by atoms with Crippen molar-refractivity contribution < 1.29 is 14.2 Å². The zero-order valence-electron chi connectivity index (χ0n) is 14.4. The highest BCUT2D eigenvalue weighted by atomic mass is 16.6. The summed E-state index contributed by atoms with van der Waals surface area (Å²) in [7, 11) is 1.87. The predicted octanol–water partition coefficient (Wildman–Crippen LogP) is 3.80. The lowest BCUT2D eigenvalue weighted by atomic mass is 9.65. The second-order valence-electron chi connectivity index (χ2n) is 8.00. The van der Waals surface area contributed by atoms with Crippen LogP contribution < -0.4 is 0 Å². The van der Waals surface area contributed by atoms with Crippen LogP contribution in [0.2, 0.25) is 0 Å². The van der Waals surface area contributed by atoms with Crippen LogP contribution in [-0.4, -0.2) is 37.1 Å². The van der Waals surface area contributed by atoms with Crippen molar-refractivity contribution in [2.75, 3.05) is 13.7 Å². The third-order valence-electron chi connectivity index (χ3n) is 6.21. The van der Waals surface area contributed by atoms with E-state index in [4.69, 9.17) is 14.2 Å². The summed E-state index contributed by atoms with van der Waals surface area (Å²) in [6, 6.07) is 0. The van der Waals surface area contributed by atoms with E-state index in [1.165, 1.54) is 32.1 Å². The minimum absolute atomic E-state index is 0.0279. The van der Waals surface area contributed by atoms with Crippen LogP contribution in [0, 0.1) is 17.8 Å². The fraction of sp³-hybridized carbons (Fsp3) is 1.00. The summed E-state index contributed by atoms with van der Waals surface area (Å²) >= 11 is 0. The van der Waals surface area contributed by atoms with Gasteiger partial charge in [-0.3, -0.25) is 0 Å². The van der Waals surface area contributed by atoms with Crippen molar-refractivity contribution in [3.05, 3.63) is 0 Å². The molecule has 3 nitrogen and oxygen atoms in total. The van der Waals surface area contributed by atoms with Crippen LogP contribution >= 0.6 is 0 Å². The number of hydrogen-bond acceptors (Lipinski definition) is 3. The third kappa shape index (κ3) is 2.66. The van der Waals surface area contributed by atoms with Crippen LogP contribution in [0.3, 0.4) is 0 Å². The highest BCUT2D eigenvalue weighted by Gasteiger charge is 2.71. The lowest BCUT2D eigenvalue weighted by molar-refractivity contribution is -0.0831. The standard InChI is InChI=1S/C18H32O3/c1-6-13-9-10-18(11-20-18)16(15(13)19-5)17(4)14(21-17)8-7-12(2)3/h12-16H,6-11H2,1-5H3/t13?,14-,15-,16-,17+,18+/m1/s1. The van der Waals surface area contributed by atoms with E-state index in [9.17, 15) is 0 Å². The Kier molecular flexibility index (Phi) is 4.13. The van der Waals surface area contributed by atoms with Crippen LogP contribution in [0.4, 0.5) is 0 Å². The van der Waals surface area contributed by atoms with Crippen molar-refractivity contribution in [1.82, 2.24) is 0 Å². The zero-order chi connectivity index (χ0) is 15.3. The number of epoxide rings is 2. The maximum absolute atomic E-state index is 6.23. The Bertz CT molecular complexity index is 377. The van der Waals surface area contributed by atoms with E-state index in [0.717, 1.165) is 12.5 Å². The average molecular weight is 296 g/mol. The van der Waals surface area contributed by atoms with Gasteiger partial charge < -0.3 is 14.2 Å². The molecule has 3 heteroatoms. The monoisotopic (exact) mass is 296 g/mol. The first-order chi connectivity index (χ1) is 9.97. The largest absolute Gasteiger partial charge is 0.381 e. The number of hydrogen-bond donors (Lipinski definition) is 0. The van der Waals surface area contributed by atoms with Crippen molar-refractivity contribution in [2.24, 2.45) is 17.8 Å². The van der Waals surface area contributed by atoms with E-state index in [0.29, 0.717) is 24.0 Å². The van der Waals surface area contributed by atoms with E-state index in [1.807, 2.05) is 7.11 Å². The summed E-state index contributed by atoms with van der Waals surface area (Å²) in [4.78, 5) is 0. The van der Waals surface area contributed by atoms with Crippen molar-refractivity contribution in [1.29, 1.82) is 0 Å². The summed E-state index contributed by atoms with van der Waals surface area (Å²) < 4.78 is 18.2. The van der Waals surface area contributed by atoms with Gasteiger partial charge in [0.2, 0.25) is 0 Å². The second kappa shape index (κ2) is 5.50. The molecule has 0 aromatic rings. The van der Waals surface area contributed by atoms with Gasteiger partial charge in [0.25, 0.3) is 0 Å². The molecule has 0 N–H and O–H groups in total. The first-order valence-electron chi connectivity index (χ1n) is 8.81. The number of rotatable bonds is 6. The average Bonchev–Trinajstić information content (AvgIpc) is 3.35. The molecule has 2 saturated heterocycles. The van der Waals surface area contributed by atoms with E-state index >= 15 is 0 Å². The highest BCUT2D eigenvalue weighted by Crippen LogP contribution is 2.60. The molecule has 122 valence electrons. The van der Waals surface area contributed by atoms with Gasteiger partial charge in [0.15, 0.2) is 0 Å². The third-order valence-corrected chi connectivity index (χ3v) is 6.21. The summed E-state index contributed by atoms with van der Waals surface area (Å²) in [5, 5.41) is 0. The van der Waals surface area contributed by atoms with Gasteiger partial charge in [-0.25, -0.2) is 0 Å². The van der Waals surface area contributed by atoms with E-state index < -0.39 is 0 Å². The van der Waals surface area contributed by atoms with Crippen LogP contribution in [-0.2, 0) is 14.2 Å². The van der Waals surface area contributed by atoms with E-state index in [-0.39, 0.29) is 11.2 Å². The van der Waals surface area contributed by atoms with Gasteiger partial charge in [-0.1, -0.05) is 27.2 Å². The minimum Gasteiger partial charge on any atom is -0.381 e. The van der Waals surface area contributed by atoms with Crippen LogP contribution in [0.25, 0.3) is 0 Å². The molecule has 2 aliphatic heterocycles. The van der Waals surface area contributed by atoms with Crippen molar-refractivity contribution in [3.63, 3.8) is 0 Å². The van der Waals surface area contributed by atoms with Gasteiger partial charge in [0.1, 0.15) is 5.60 Å². The van der Waals surface area contributed by atoms with Crippen LogP contribution in [0.1, 0.15) is 59.8 Å². The Morgan fingerprint density at radius 1 is 1.33 bits per heavy atom. The van der Waals surface area contributed by atoms with Crippen molar-refractivity contribution in [3.8, 4) is 0 Å². The number of ether oxygens (including phenoxy) is 3. The second-order valence-corrected chi connectivity index (χ2v) is 8.00. The number of methoxy groups -OCH3 is 1. The van der Waals surface area contributed by atoms with Crippen molar-refractivity contribution in [2.45, 2.75) is 83.2 Å². The van der Waals surface area contributed by atoms with Gasteiger partial charge in [0, 0.05) is 13.0 Å². The van der Waals surface area contributed by atoms with Crippen LogP contribution in [0.15, 0.2) is 0 Å². The normalized spacial score (nSPS) is 48.9. The lowest BCUT2D eigenvalue weighted by Gasteiger charge is -2.43. The molecule has 1 saturated carbocycles. The molecule has 3 aliphatic rings. The van der Waals surface area contributed by atoms with Crippen LogP contribution in [0.5, 0.6) is 0 Å². The molecule has 0 aromatic carbocycles. The van der Waals surface area contributed by atoms with Gasteiger partial charge in [-0.05, 0) is 44.4 Å². The maximum atomic E-state index is 6.23. The molecule has 3 fully saturated rings. The molecule has 0 amide bonds. The predicted molar refractivity (Wildman–Crippen MR) is 83.3 cm³/mol. The van der Waals surface area contributed by atoms with Gasteiger partial charge in [-0.2, -0.15) is 0 Å². The molecule has 0 radical (unpaired) electrons. The van der Waals surface area contributed by atoms with E-state index in [1.54, 1.807) is 0 Å². The SMILES string of the molecule is CCC1CC[C@]2(CO2)[C@@H]([C@@]2(C)O[C@@H]2CCC(C)C)[C@@H]1OC. The first kappa shape index (κ1) is 15.8. The first-order valence-corrected chi connectivity index (χ1v) is 8.81. The molecular formula is C18H32O3. The fourth-order valence-corrected chi connectivity index (χ4v) is 4.73. The molecule has 0 aromatic heterocycles. The molecule has 6 atom stereocenters. The minimum atomic E-state index is -0.0279. The molecule has 21 heavy (non-hydrogen) atoms. The van der Waals surface area contributed by atoms with E-state index in [2.05, 4.69) is 27.7 Å². The Morgan fingerprint density at radius 2 is 2.05 bits per heavy atom. The Morgan fingerprint density at radius 3 is 2.57 bits per heavy atom. The Hall–Kier alpha value is -0.120.